The van der Waals surface area contributed by atoms with Crippen LogP contribution in [0, 0.1) is 5.82 Å². The van der Waals surface area contributed by atoms with E-state index in [4.69, 9.17) is 0 Å². The van der Waals surface area contributed by atoms with Gasteiger partial charge in [-0.2, -0.15) is 0 Å². The van der Waals surface area contributed by atoms with Crippen molar-refractivity contribution in [1.29, 1.82) is 0 Å². The Morgan fingerprint density at radius 3 is 2.76 bits per heavy atom. The number of rotatable bonds is 3. The lowest BCUT2D eigenvalue weighted by atomic mass is 10.3. The molecule has 6 heteroatoms. The summed E-state index contributed by atoms with van der Waals surface area (Å²) in [4.78, 5) is 8.70. The van der Waals surface area contributed by atoms with Crippen molar-refractivity contribution in [2.24, 2.45) is 0 Å². The van der Waals surface area contributed by atoms with Crippen molar-refractivity contribution < 1.29 is 4.39 Å². The van der Waals surface area contributed by atoms with Gasteiger partial charge in [-0.15, -0.1) is 0 Å². The van der Waals surface area contributed by atoms with Crippen LogP contribution in [0.25, 0.3) is 0 Å². The summed E-state index contributed by atoms with van der Waals surface area (Å²) in [7, 11) is 1.77. The minimum absolute atomic E-state index is 0.256. The van der Waals surface area contributed by atoms with E-state index < -0.39 is 0 Å². The first-order valence-electron chi connectivity index (χ1n) is 4.83. The first-order valence-corrected chi connectivity index (χ1v) is 6.44. The maximum Gasteiger partial charge on any atom is 0.144 e. The fraction of sp³-hybridized carbons (Fsp3) is 0.0909. The van der Waals surface area contributed by atoms with Gasteiger partial charge >= 0.3 is 0 Å². The summed E-state index contributed by atoms with van der Waals surface area (Å²) in [5.74, 6) is 0.424. The van der Waals surface area contributed by atoms with Crippen LogP contribution in [-0.2, 0) is 0 Å². The van der Waals surface area contributed by atoms with Crippen molar-refractivity contribution in [2.45, 2.75) is 9.92 Å². The number of halogens is 2. The van der Waals surface area contributed by atoms with Crippen molar-refractivity contribution in [3.63, 3.8) is 0 Å². The maximum atomic E-state index is 13.5. The van der Waals surface area contributed by atoms with Crippen LogP contribution >= 0.6 is 27.7 Å². The Morgan fingerprint density at radius 1 is 1.29 bits per heavy atom. The van der Waals surface area contributed by atoms with Crippen LogP contribution in [0.2, 0.25) is 0 Å². The highest BCUT2D eigenvalue weighted by Crippen LogP contribution is 2.35. The third kappa shape index (κ3) is 2.76. The second-order valence-corrected chi connectivity index (χ2v) is 4.95. The molecule has 1 N–H and O–H groups in total. The Kier molecular flexibility index (Phi) is 3.96. The van der Waals surface area contributed by atoms with Crippen molar-refractivity contribution in [3.05, 3.63) is 40.9 Å². The monoisotopic (exact) mass is 313 g/mol. The molecule has 0 radical (unpaired) electrons. The zero-order valence-corrected chi connectivity index (χ0v) is 11.3. The summed E-state index contributed by atoms with van der Waals surface area (Å²) in [6.45, 7) is 0. The molecule has 0 atom stereocenters. The Bertz CT molecular complexity index is 536. The normalized spacial score (nSPS) is 10.3. The van der Waals surface area contributed by atoms with E-state index in [0.29, 0.717) is 15.7 Å². The molecule has 0 saturated carbocycles. The molecule has 3 nitrogen and oxygen atoms in total. The summed E-state index contributed by atoms with van der Waals surface area (Å²) < 4.78 is 14.2. The molecule has 0 aliphatic heterocycles. The second-order valence-electron chi connectivity index (χ2n) is 3.12. The van der Waals surface area contributed by atoms with Crippen LogP contribution < -0.4 is 5.32 Å². The molecule has 2 aromatic rings. The van der Waals surface area contributed by atoms with Gasteiger partial charge in [0.15, 0.2) is 0 Å². The molecule has 0 fully saturated rings. The van der Waals surface area contributed by atoms with Gasteiger partial charge in [0, 0.05) is 11.9 Å². The van der Waals surface area contributed by atoms with E-state index in [-0.39, 0.29) is 5.82 Å². The van der Waals surface area contributed by atoms with Crippen LogP contribution in [0.3, 0.4) is 0 Å². The van der Waals surface area contributed by atoms with Gasteiger partial charge in [-0.25, -0.2) is 14.4 Å². The number of benzene rings is 1. The number of aromatic nitrogens is 2. The van der Waals surface area contributed by atoms with E-state index in [1.54, 1.807) is 25.2 Å². The molecule has 0 amide bonds. The minimum atomic E-state index is -0.256. The van der Waals surface area contributed by atoms with Gasteiger partial charge in [-0.3, -0.25) is 0 Å². The third-order valence-corrected chi connectivity index (χ3v) is 4.11. The topological polar surface area (TPSA) is 37.8 Å². The highest BCUT2D eigenvalue weighted by molar-refractivity contribution is 9.10. The first kappa shape index (κ1) is 12.3. The van der Waals surface area contributed by atoms with Crippen molar-refractivity contribution >= 4 is 33.5 Å². The lowest BCUT2D eigenvalue weighted by Gasteiger charge is -2.07. The lowest BCUT2D eigenvalue weighted by molar-refractivity contribution is 0.602. The summed E-state index contributed by atoms with van der Waals surface area (Å²) in [6.07, 6.45) is 1.44. The molecule has 0 bridgehead atoms. The second kappa shape index (κ2) is 5.46. The average molecular weight is 314 g/mol. The molecule has 1 heterocycles. The van der Waals surface area contributed by atoms with Gasteiger partial charge in [0.2, 0.25) is 0 Å². The zero-order chi connectivity index (χ0) is 12.3. The van der Waals surface area contributed by atoms with E-state index in [9.17, 15) is 4.39 Å². The molecule has 2 rings (SSSR count). The summed E-state index contributed by atoms with van der Waals surface area (Å²) in [5, 5.41) is 3.61. The van der Waals surface area contributed by atoms with E-state index >= 15 is 0 Å². The fourth-order valence-corrected chi connectivity index (χ4v) is 2.68. The maximum absolute atomic E-state index is 13.5. The van der Waals surface area contributed by atoms with Crippen molar-refractivity contribution in [2.75, 3.05) is 12.4 Å². The lowest BCUT2D eigenvalue weighted by Crippen LogP contribution is -1.96. The molecule has 0 unspecified atom stereocenters. The Labute approximate surface area is 111 Å². The van der Waals surface area contributed by atoms with Gasteiger partial charge in [0.05, 0.1) is 4.47 Å². The smallest absolute Gasteiger partial charge is 0.144 e. The van der Waals surface area contributed by atoms with E-state index in [1.165, 1.54) is 24.2 Å². The van der Waals surface area contributed by atoms with Crippen LogP contribution in [0.15, 0.2) is 45.0 Å². The summed E-state index contributed by atoms with van der Waals surface area (Å²) >= 11 is 4.65. The SMILES string of the molecule is CNc1ncnc(Sc2ccccc2F)c1Br. The number of hydrogen-bond donors (Lipinski definition) is 1. The molecule has 1 aromatic carbocycles. The van der Waals surface area contributed by atoms with Gasteiger partial charge in [-0.05, 0) is 28.1 Å². The van der Waals surface area contributed by atoms with Crippen LogP contribution in [-0.4, -0.2) is 17.0 Å². The Balaban J connectivity index is 2.34. The Hall–Kier alpha value is -1.14. The van der Waals surface area contributed by atoms with Crippen molar-refractivity contribution in [1.82, 2.24) is 9.97 Å². The number of nitrogens with one attached hydrogen (secondary N) is 1. The predicted octanol–water partition coefficient (Wildman–Crippen LogP) is 3.57. The Morgan fingerprint density at radius 2 is 2.06 bits per heavy atom. The van der Waals surface area contributed by atoms with Gasteiger partial charge < -0.3 is 5.32 Å². The fourth-order valence-electron chi connectivity index (χ4n) is 1.23. The molecule has 0 aliphatic carbocycles. The molecule has 0 saturated heterocycles. The molecule has 0 aliphatic rings. The number of nitrogens with zero attached hydrogens (tertiary/aromatic N) is 2. The van der Waals surface area contributed by atoms with Crippen molar-refractivity contribution in [3.8, 4) is 0 Å². The van der Waals surface area contributed by atoms with Gasteiger partial charge in [0.1, 0.15) is 23.0 Å². The summed E-state index contributed by atoms with van der Waals surface area (Å²) in [6, 6.07) is 6.59. The van der Waals surface area contributed by atoms with E-state index in [1.807, 2.05) is 0 Å². The molecule has 0 spiro atoms. The first-order chi connectivity index (χ1) is 8.22. The van der Waals surface area contributed by atoms with Crippen LogP contribution in [0.5, 0.6) is 0 Å². The van der Waals surface area contributed by atoms with Crippen LogP contribution in [0.1, 0.15) is 0 Å². The van der Waals surface area contributed by atoms with Gasteiger partial charge in [-0.1, -0.05) is 23.9 Å². The zero-order valence-electron chi connectivity index (χ0n) is 8.95. The summed E-state index contributed by atoms with van der Waals surface area (Å²) in [5.41, 5.74) is 0. The molecular weight excluding hydrogens is 305 g/mol. The number of anilines is 1. The minimum Gasteiger partial charge on any atom is -0.372 e. The highest BCUT2D eigenvalue weighted by atomic mass is 79.9. The van der Waals surface area contributed by atoms with E-state index in [0.717, 1.165) is 4.47 Å². The molecule has 88 valence electrons. The molecular formula is C11H9BrFN3S. The standard InChI is InChI=1S/C11H9BrFN3S/c1-14-10-9(12)11(16-6-15-10)17-8-5-3-2-4-7(8)13/h2-6H,1H3,(H,14,15,16). The van der Waals surface area contributed by atoms with E-state index in [2.05, 4.69) is 31.2 Å². The highest BCUT2D eigenvalue weighted by Gasteiger charge is 2.11. The largest absolute Gasteiger partial charge is 0.372 e. The quantitative estimate of drug-likeness (QED) is 0.879. The number of hydrogen-bond acceptors (Lipinski definition) is 4. The van der Waals surface area contributed by atoms with Gasteiger partial charge in [0.25, 0.3) is 0 Å². The van der Waals surface area contributed by atoms with Crippen LogP contribution in [0.4, 0.5) is 10.2 Å². The average Bonchev–Trinajstić information content (AvgIpc) is 2.34. The molecule has 1 aromatic heterocycles. The predicted molar refractivity (Wildman–Crippen MR) is 69.8 cm³/mol. The third-order valence-electron chi connectivity index (χ3n) is 2.04. The molecule has 17 heavy (non-hydrogen) atoms.